The fourth-order valence-corrected chi connectivity index (χ4v) is 5.14. The van der Waals surface area contributed by atoms with Gasteiger partial charge in [0.1, 0.15) is 5.60 Å². The number of benzene rings is 1. The van der Waals surface area contributed by atoms with Crippen LogP contribution in [0.15, 0.2) is 30.5 Å². The molecule has 2 aromatic rings. The molecule has 2 amide bonds. The zero-order valence-electron chi connectivity index (χ0n) is 21.7. The Morgan fingerprint density at radius 2 is 2.00 bits per heavy atom. The molecule has 1 aromatic carbocycles. The first-order valence-corrected chi connectivity index (χ1v) is 12.3. The van der Waals surface area contributed by atoms with Crippen LogP contribution in [0.1, 0.15) is 61.5 Å². The molecule has 0 aliphatic carbocycles. The number of alkyl carbamates (subject to hydrolysis) is 1. The van der Waals surface area contributed by atoms with Crippen LogP contribution in [0.2, 0.25) is 0 Å². The average Bonchev–Trinajstić information content (AvgIpc) is 2.80. The van der Waals surface area contributed by atoms with Crippen LogP contribution < -0.4 is 20.5 Å². The van der Waals surface area contributed by atoms with Crippen molar-refractivity contribution in [2.75, 3.05) is 26.8 Å². The van der Waals surface area contributed by atoms with Crippen LogP contribution in [0.25, 0.3) is 0 Å². The van der Waals surface area contributed by atoms with Gasteiger partial charge < -0.3 is 25.3 Å². The Morgan fingerprint density at radius 3 is 2.67 bits per heavy atom. The molecular weight excluding hydrogens is 460 g/mol. The van der Waals surface area contributed by atoms with Crippen LogP contribution in [0.4, 0.5) is 4.79 Å². The predicted octanol–water partition coefficient (Wildman–Crippen LogP) is 3.24. The van der Waals surface area contributed by atoms with E-state index in [9.17, 15) is 9.59 Å². The van der Waals surface area contributed by atoms with Gasteiger partial charge in [-0.25, -0.2) is 4.79 Å². The van der Waals surface area contributed by atoms with Crippen LogP contribution in [-0.4, -0.2) is 60.3 Å². The topological polar surface area (TPSA) is 116 Å². The van der Waals surface area contributed by atoms with E-state index in [2.05, 4.69) is 28.2 Å². The van der Waals surface area contributed by atoms with Gasteiger partial charge in [0.2, 0.25) is 0 Å². The number of nitrogens with one attached hydrogen (secondary N) is 1. The highest BCUT2D eigenvalue weighted by Gasteiger charge is 2.41. The van der Waals surface area contributed by atoms with Crippen molar-refractivity contribution in [1.29, 1.82) is 0 Å². The molecule has 2 aliphatic heterocycles. The van der Waals surface area contributed by atoms with Crippen LogP contribution in [0.5, 0.6) is 11.5 Å². The minimum absolute atomic E-state index is 0.0234. The lowest BCUT2D eigenvalue weighted by Gasteiger charge is -2.47. The number of fused-ring (bicyclic) bond motifs is 3. The van der Waals surface area contributed by atoms with Gasteiger partial charge >= 0.3 is 6.09 Å². The minimum atomic E-state index is -0.589. The van der Waals surface area contributed by atoms with Crippen LogP contribution in [0, 0.1) is 6.92 Å². The fourth-order valence-electron chi connectivity index (χ4n) is 5.14. The second kappa shape index (κ2) is 10.3. The number of pyridine rings is 1. The van der Waals surface area contributed by atoms with Crippen molar-refractivity contribution >= 4 is 12.0 Å². The van der Waals surface area contributed by atoms with Crippen molar-refractivity contribution in [2.45, 2.75) is 64.1 Å². The molecule has 3 atom stereocenters. The lowest BCUT2D eigenvalue weighted by Crippen LogP contribution is -2.53. The second-order valence-corrected chi connectivity index (χ2v) is 10.6. The highest BCUT2D eigenvalue weighted by Crippen LogP contribution is 2.44. The van der Waals surface area contributed by atoms with Gasteiger partial charge in [-0.3, -0.25) is 14.7 Å². The number of carbonyl (C=O) groups excluding carboxylic acids is 2. The third-order valence-electron chi connectivity index (χ3n) is 6.68. The summed E-state index contributed by atoms with van der Waals surface area (Å²) in [5.74, 6) is 0.538. The number of aromatic nitrogens is 1. The second-order valence-electron chi connectivity index (χ2n) is 10.6. The molecule has 3 unspecified atom stereocenters. The summed E-state index contributed by atoms with van der Waals surface area (Å²) in [5, 5.41) is 3.14. The Hall–Kier alpha value is -3.33. The molecule has 0 saturated carbocycles. The quantitative estimate of drug-likeness (QED) is 0.631. The molecule has 9 heteroatoms. The first-order valence-electron chi connectivity index (χ1n) is 12.3. The molecule has 2 aliphatic rings. The first kappa shape index (κ1) is 25.8. The third kappa shape index (κ3) is 5.90. The summed E-state index contributed by atoms with van der Waals surface area (Å²) in [6.45, 7) is 9.03. The Kier molecular flexibility index (Phi) is 7.40. The number of nitrogens with two attached hydrogens (primary N) is 1. The first-order chi connectivity index (χ1) is 17.0. The van der Waals surface area contributed by atoms with Gasteiger partial charge in [-0.15, -0.1) is 0 Å². The summed E-state index contributed by atoms with van der Waals surface area (Å²) in [4.78, 5) is 31.1. The summed E-state index contributed by atoms with van der Waals surface area (Å²) in [6.07, 6.45) is 2.92. The van der Waals surface area contributed by atoms with Gasteiger partial charge in [0, 0.05) is 43.0 Å². The Balaban J connectivity index is 1.65. The minimum Gasteiger partial charge on any atom is -0.493 e. The van der Waals surface area contributed by atoms with E-state index in [1.807, 2.05) is 45.2 Å². The largest absolute Gasteiger partial charge is 0.493 e. The number of carbonyl (C=O) groups is 2. The molecule has 1 saturated heterocycles. The number of rotatable bonds is 6. The predicted molar refractivity (Wildman–Crippen MR) is 135 cm³/mol. The van der Waals surface area contributed by atoms with E-state index in [-0.39, 0.29) is 24.6 Å². The number of amides is 2. The Morgan fingerprint density at radius 1 is 1.22 bits per heavy atom. The van der Waals surface area contributed by atoms with Gasteiger partial charge in [-0.1, -0.05) is 0 Å². The van der Waals surface area contributed by atoms with Gasteiger partial charge in [0.25, 0.3) is 5.91 Å². The van der Waals surface area contributed by atoms with E-state index in [4.69, 9.17) is 19.9 Å². The number of methoxy groups -OCH3 is 1. The van der Waals surface area contributed by atoms with Crippen LogP contribution in [-0.2, 0) is 16.0 Å². The molecule has 194 valence electrons. The SMILES string of the molecule is COc1cc2c(cc1OCC(N)=O)CCN1CC(c3cc(C)ccn3)C(NC(=O)OC(C)(C)C)CC21. The van der Waals surface area contributed by atoms with Crippen molar-refractivity contribution in [2.24, 2.45) is 5.73 Å². The number of hydrogen-bond acceptors (Lipinski definition) is 7. The third-order valence-corrected chi connectivity index (χ3v) is 6.68. The summed E-state index contributed by atoms with van der Waals surface area (Å²) in [6, 6.07) is 7.91. The number of aryl methyl sites for hydroxylation is 1. The lowest BCUT2D eigenvalue weighted by molar-refractivity contribution is -0.119. The molecule has 4 rings (SSSR count). The molecular formula is C27H36N4O5. The number of nitrogens with zero attached hydrogens (tertiary/aromatic N) is 2. The maximum atomic E-state index is 12.8. The van der Waals surface area contributed by atoms with Gasteiger partial charge in [0.15, 0.2) is 18.1 Å². The van der Waals surface area contributed by atoms with Crippen molar-refractivity contribution in [3.63, 3.8) is 0 Å². The normalized spacial score (nSPS) is 21.6. The van der Waals surface area contributed by atoms with Crippen molar-refractivity contribution in [3.8, 4) is 11.5 Å². The smallest absolute Gasteiger partial charge is 0.407 e. The summed E-state index contributed by atoms with van der Waals surface area (Å²) >= 11 is 0. The highest BCUT2D eigenvalue weighted by molar-refractivity contribution is 5.75. The van der Waals surface area contributed by atoms with E-state index >= 15 is 0 Å². The Labute approximate surface area is 212 Å². The van der Waals surface area contributed by atoms with E-state index in [0.29, 0.717) is 17.9 Å². The summed E-state index contributed by atoms with van der Waals surface area (Å²) < 4.78 is 16.8. The van der Waals surface area contributed by atoms with E-state index in [1.54, 1.807) is 7.11 Å². The maximum Gasteiger partial charge on any atom is 0.407 e. The van der Waals surface area contributed by atoms with E-state index in [0.717, 1.165) is 41.9 Å². The van der Waals surface area contributed by atoms with Crippen molar-refractivity contribution in [3.05, 3.63) is 52.8 Å². The highest BCUT2D eigenvalue weighted by atomic mass is 16.6. The summed E-state index contributed by atoms with van der Waals surface area (Å²) in [7, 11) is 1.58. The van der Waals surface area contributed by atoms with Gasteiger partial charge in [-0.05, 0) is 81.5 Å². The number of primary amides is 1. The zero-order chi connectivity index (χ0) is 26.0. The standard InChI is InChI=1S/C27H36N4O5/c1-16-6-8-29-20(10-16)19-14-31-9-7-17-11-24(35-15-25(28)32)23(34-5)12-18(17)22(31)13-21(19)30-26(33)36-27(2,3)4/h6,8,10-12,19,21-22H,7,9,13-15H2,1-5H3,(H2,28,32)(H,30,33). The number of piperidine rings is 1. The van der Waals surface area contributed by atoms with Gasteiger partial charge in [-0.2, -0.15) is 0 Å². The van der Waals surface area contributed by atoms with Crippen molar-refractivity contribution < 1.29 is 23.8 Å². The number of ether oxygens (including phenoxy) is 3. The molecule has 36 heavy (non-hydrogen) atoms. The van der Waals surface area contributed by atoms with Crippen LogP contribution >= 0.6 is 0 Å². The van der Waals surface area contributed by atoms with Crippen molar-refractivity contribution in [1.82, 2.24) is 15.2 Å². The fraction of sp³-hybridized carbons (Fsp3) is 0.519. The average molecular weight is 497 g/mol. The van der Waals surface area contributed by atoms with E-state index in [1.165, 1.54) is 0 Å². The maximum absolute atomic E-state index is 12.8. The molecule has 3 heterocycles. The van der Waals surface area contributed by atoms with E-state index < -0.39 is 17.6 Å². The zero-order valence-corrected chi connectivity index (χ0v) is 21.7. The molecule has 3 N–H and O–H groups in total. The van der Waals surface area contributed by atoms with Gasteiger partial charge in [0.05, 0.1) is 7.11 Å². The molecule has 0 bridgehead atoms. The van der Waals surface area contributed by atoms with Crippen LogP contribution in [0.3, 0.4) is 0 Å². The molecule has 9 nitrogen and oxygen atoms in total. The molecule has 0 spiro atoms. The Bertz CT molecular complexity index is 1130. The molecule has 1 aromatic heterocycles. The molecule has 0 radical (unpaired) electrons. The number of hydrogen-bond donors (Lipinski definition) is 2. The lowest BCUT2D eigenvalue weighted by atomic mass is 9.79. The monoisotopic (exact) mass is 496 g/mol. The summed E-state index contributed by atoms with van der Waals surface area (Å²) in [5.41, 5.74) is 9.04. The molecule has 1 fully saturated rings.